The van der Waals surface area contributed by atoms with E-state index in [0.29, 0.717) is 11.4 Å². The maximum Gasteiger partial charge on any atom is 0.257 e. The van der Waals surface area contributed by atoms with Crippen molar-refractivity contribution in [3.8, 4) is 0 Å². The zero-order valence-corrected chi connectivity index (χ0v) is 10.7. The van der Waals surface area contributed by atoms with Crippen LogP contribution in [-0.2, 0) is 0 Å². The lowest BCUT2D eigenvalue weighted by molar-refractivity contribution is 0.102. The molecule has 1 aromatic carbocycles. The highest BCUT2D eigenvalue weighted by Gasteiger charge is 2.12. The molecule has 0 saturated carbocycles. The van der Waals surface area contributed by atoms with E-state index in [4.69, 9.17) is 5.73 Å². The standard InChI is InChI=1S/C14H14FN3O/c1-8-3-6-13(9(2)17-8)18-14(19)11-7-10(15)4-5-12(11)16/h3-7H,16H2,1-2H3,(H,18,19). The van der Waals surface area contributed by atoms with Gasteiger partial charge >= 0.3 is 0 Å². The van der Waals surface area contributed by atoms with Gasteiger partial charge in [-0.2, -0.15) is 0 Å². The number of halogens is 1. The molecule has 2 aromatic rings. The Kier molecular flexibility index (Phi) is 3.46. The number of nitrogens with one attached hydrogen (secondary N) is 1. The number of nitrogens with zero attached hydrogens (tertiary/aromatic N) is 1. The first-order valence-electron chi connectivity index (χ1n) is 5.78. The SMILES string of the molecule is Cc1ccc(NC(=O)c2cc(F)ccc2N)c(C)n1. The smallest absolute Gasteiger partial charge is 0.257 e. The van der Waals surface area contributed by atoms with E-state index in [2.05, 4.69) is 10.3 Å². The second-order valence-corrected chi connectivity index (χ2v) is 4.27. The first-order valence-corrected chi connectivity index (χ1v) is 5.78. The monoisotopic (exact) mass is 259 g/mol. The fourth-order valence-corrected chi connectivity index (χ4v) is 1.73. The first-order chi connectivity index (χ1) is 8.97. The number of pyridine rings is 1. The van der Waals surface area contributed by atoms with Gasteiger partial charge in [0.05, 0.1) is 16.9 Å². The summed E-state index contributed by atoms with van der Waals surface area (Å²) in [5.41, 5.74) is 8.15. The van der Waals surface area contributed by atoms with E-state index in [0.717, 1.165) is 11.8 Å². The summed E-state index contributed by atoms with van der Waals surface area (Å²) in [4.78, 5) is 16.3. The van der Waals surface area contributed by atoms with E-state index in [9.17, 15) is 9.18 Å². The molecule has 0 bridgehead atoms. The van der Waals surface area contributed by atoms with Crippen LogP contribution >= 0.6 is 0 Å². The minimum Gasteiger partial charge on any atom is -0.398 e. The first kappa shape index (κ1) is 13.0. The number of carbonyl (C=O) groups excluding carboxylic acids is 1. The molecule has 3 N–H and O–H groups in total. The Morgan fingerprint density at radius 2 is 2.00 bits per heavy atom. The fraction of sp³-hybridized carbons (Fsp3) is 0.143. The van der Waals surface area contributed by atoms with Gasteiger partial charge in [0.1, 0.15) is 5.82 Å². The van der Waals surface area contributed by atoms with E-state index in [1.807, 2.05) is 6.92 Å². The van der Waals surface area contributed by atoms with E-state index >= 15 is 0 Å². The van der Waals surface area contributed by atoms with Crippen molar-refractivity contribution in [3.63, 3.8) is 0 Å². The maximum atomic E-state index is 13.1. The van der Waals surface area contributed by atoms with Crippen molar-refractivity contribution in [2.24, 2.45) is 0 Å². The molecular weight excluding hydrogens is 245 g/mol. The van der Waals surface area contributed by atoms with Crippen molar-refractivity contribution >= 4 is 17.3 Å². The van der Waals surface area contributed by atoms with E-state index in [-0.39, 0.29) is 11.3 Å². The number of hydrogen-bond donors (Lipinski definition) is 2. The number of aromatic nitrogens is 1. The van der Waals surface area contributed by atoms with Crippen molar-refractivity contribution in [2.45, 2.75) is 13.8 Å². The van der Waals surface area contributed by atoms with Crippen LogP contribution in [0.2, 0.25) is 0 Å². The van der Waals surface area contributed by atoms with Crippen molar-refractivity contribution < 1.29 is 9.18 Å². The molecule has 1 amide bonds. The molecule has 0 atom stereocenters. The summed E-state index contributed by atoms with van der Waals surface area (Å²) in [6.07, 6.45) is 0. The van der Waals surface area contributed by atoms with Crippen molar-refractivity contribution in [2.75, 3.05) is 11.1 Å². The number of amides is 1. The molecule has 0 aliphatic rings. The average molecular weight is 259 g/mol. The Morgan fingerprint density at radius 3 is 2.68 bits per heavy atom. The Labute approximate surface area is 110 Å². The molecule has 1 aromatic heterocycles. The lowest BCUT2D eigenvalue weighted by Gasteiger charge is -2.10. The number of nitrogens with two attached hydrogens (primary N) is 1. The number of benzene rings is 1. The third-order valence-electron chi connectivity index (χ3n) is 2.73. The number of aryl methyl sites for hydroxylation is 2. The van der Waals surface area contributed by atoms with Gasteiger partial charge in [-0.05, 0) is 44.2 Å². The molecule has 0 unspecified atom stereocenters. The summed E-state index contributed by atoms with van der Waals surface area (Å²) < 4.78 is 13.1. The van der Waals surface area contributed by atoms with Crippen molar-refractivity contribution in [1.82, 2.24) is 4.98 Å². The predicted octanol–water partition coefficient (Wildman–Crippen LogP) is 2.67. The second-order valence-electron chi connectivity index (χ2n) is 4.27. The molecule has 0 fully saturated rings. The molecule has 1 heterocycles. The highest BCUT2D eigenvalue weighted by atomic mass is 19.1. The van der Waals surface area contributed by atoms with Crippen LogP contribution in [0.15, 0.2) is 30.3 Å². The Hall–Kier alpha value is -2.43. The summed E-state index contributed by atoms with van der Waals surface area (Å²) in [5, 5.41) is 2.67. The van der Waals surface area contributed by atoms with Crippen LogP contribution in [0.1, 0.15) is 21.7 Å². The molecule has 98 valence electrons. The van der Waals surface area contributed by atoms with Gasteiger partial charge in [0.15, 0.2) is 0 Å². The molecule has 2 rings (SSSR count). The molecule has 4 nitrogen and oxygen atoms in total. The van der Waals surface area contributed by atoms with Gasteiger partial charge < -0.3 is 11.1 Å². The lowest BCUT2D eigenvalue weighted by atomic mass is 10.1. The predicted molar refractivity (Wildman–Crippen MR) is 72.5 cm³/mol. The maximum absolute atomic E-state index is 13.1. The van der Waals surface area contributed by atoms with E-state index in [1.54, 1.807) is 19.1 Å². The van der Waals surface area contributed by atoms with Gasteiger partial charge in [-0.1, -0.05) is 0 Å². The molecule has 0 aliphatic heterocycles. The molecule has 5 heteroatoms. The van der Waals surface area contributed by atoms with Crippen LogP contribution in [0.5, 0.6) is 0 Å². The van der Waals surface area contributed by atoms with Crippen molar-refractivity contribution in [1.29, 1.82) is 0 Å². The molecule has 0 aliphatic carbocycles. The molecular formula is C14H14FN3O. The third kappa shape index (κ3) is 2.88. The summed E-state index contributed by atoms with van der Waals surface area (Å²) in [6.45, 7) is 3.65. The highest BCUT2D eigenvalue weighted by molar-refractivity contribution is 6.07. The van der Waals surface area contributed by atoms with Crippen LogP contribution in [0, 0.1) is 19.7 Å². The average Bonchev–Trinajstić information content (AvgIpc) is 2.35. The van der Waals surface area contributed by atoms with Gasteiger partial charge in [0.2, 0.25) is 0 Å². The van der Waals surface area contributed by atoms with Gasteiger partial charge in [0.25, 0.3) is 5.91 Å². The highest BCUT2D eigenvalue weighted by Crippen LogP contribution is 2.18. The third-order valence-corrected chi connectivity index (χ3v) is 2.73. The Bertz CT molecular complexity index is 641. The number of anilines is 2. The minimum atomic E-state index is -0.502. The van der Waals surface area contributed by atoms with Gasteiger partial charge in [-0.25, -0.2) is 4.39 Å². The summed E-state index contributed by atoms with van der Waals surface area (Å²) in [7, 11) is 0. The van der Waals surface area contributed by atoms with Crippen LogP contribution in [0.25, 0.3) is 0 Å². The van der Waals surface area contributed by atoms with Crippen LogP contribution in [-0.4, -0.2) is 10.9 Å². The zero-order valence-electron chi connectivity index (χ0n) is 10.7. The quantitative estimate of drug-likeness (QED) is 0.815. The van der Waals surface area contributed by atoms with Crippen LogP contribution in [0.3, 0.4) is 0 Å². The van der Waals surface area contributed by atoms with E-state index in [1.165, 1.54) is 12.1 Å². The van der Waals surface area contributed by atoms with Gasteiger partial charge in [0, 0.05) is 11.4 Å². The number of carbonyl (C=O) groups is 1. The normalized spacial score (nSPS) is 10.3. The lowest BCUT2D eigenvalue weighted by Crippen LogP contribution is -2.15. The molecule has 0 saturated heterocycles. The van der Waals surface area contributed by atoms with Crippen molar-refractivity contribution in [3.05, 3.63) is 53.1 Å². The Balaban J connectivity index is 2.28. The molecule has 0 spiro atoms. The number of nitrogen functional groups attached to an aromatic ring is 1. The van der Waals surface area contributed by atoms with E-state index < -0.39 is 11.7 Å². The zero-order chi connectivity index (χ0) is 14.0. The topological polar surface area (TPSA) is 68.0 Å². The fourth-order valence-electron chi connectivity index (χ4n) is 1.73. The summed E-state index contributed by atoms with van der Waals surface area (Å²) in [5.74, 6) is -0.955. The number of rotatable bonds is 2. The summed E-state index contributed by atoms with van der Waals surface area (Å²) in [6, 6.07) is 7.24. The number of hydrogen-bond acceptors (Lipinski definition) is 3. The molecule has 0 radical (unpaired) electrons. The van der Waals surface area contributed by atoms with Gasteiger partial charge in [-0.15, -0.1) is 0 Å². The van der Waals surface area contributed by atoms with Crippen LogP contribution < -0.4 is 11.1 Å². The largest absolute Gasteiger partial charge is 0.398 e. The Morgan fingerprint density at radius 1 is 1.26 bits per heavy atom. The minimum absolute atomic E-state index is 0.111. The van der Waals surface area contributed by atoms with Crippen LogP contribution in [0.4, 0.5) is 15.8 Å². The molecule has 19 heavy (non-hydrogen) atoms. The van der Waals surface area contributed by atoms with Gasteiger partial charge in [-0.3, -0.25) is 9.78 Å². The summed E-state index contributed by atoms with van der Waals surface area (Å²) >= 11 is 0. The second kappa shape index (κ2) is 5.06.